The lowest BCUT2D eigenvalue weighted by Crippen LogP contribution is -2.29. The molecule has 0 fully saturated rings. The van der Waals surface area contributed by atoms with E-state index in [0.29, 0.717) is 5.57 Å². The molecule has 0 saturated carbocycles. The van der Waals surface area contributed by atoms with Gasteiger partial charge in [-0.05, 0) is 6.92 Å². The van der Waals surface area contributed by atoms with Crippen molar-refractivity contribution in [2.45, 2.75) is 26.9 Å². The van der Waals surface area contributed by atoms with Gasteiger partial charge in [-0.15, -0.1) is 0 Å². The second kappa shape index (κ2) is 13.1. The van der Waals surface area contributed by atoms with Crippen molar-refractivity contribution in [3.05, 3.63) is 24.8 Å². The number of carbonyl (C=O) groups is 4. The summed E-state index contributed by atoms with van der Waals surface area (Å²) in [5.74, 6) is -2.04. The molecule has 0 aromatic carbocycles. The SMILES string of the molecule is C=C(C)C(=O)OC.C=CC(=O)OCC(COC(C)=O)OC(C)=O. The molecule has 0 aromatic rings. The molecule has 23 heavy (non-hydrogen) atoms. The summed E-state index contributed by atoms with van der Waals surface area (Å²) in [6, 6.07) is 0. The molecule has 8 nitrogen and oxygen atoms in total. The summed E-state index contributed by atoms with van der Waals surface area (Å²) < 4.78 is 18.3. The Hall–Kier alpha value is -2.64. The Balaban J connectivity index is 0. The zero-order chi connectivity index (χ0) is 18.4. The lowest BCUT2D eigenvalue weighted by atomic mass is 10.4. The van der Waals surface area contributed by atoms with E-state index in [1.165, 1.54) is 21.0 Å². The number of methoxy groups -OCH3 is 1. The number of hydrogen-bond acceptors (Lipinski definition) is 8. The summed E-state index contributed by atoms with van der Waals surface area (Å²) in [5, 5.41) is 0. The molecule has 1 unspecified atom stereocenters. The van der Waals surface area contributed by atoms with Gasteiger partial charge in [-0.2, -0.15) is 0 Å². The summed E-state index contributed by atoms with van der Waals surface area (Å²) in [6.45, 7) is 10.3. The van der Waals surface area contributed by atoms with E-state index in [2.05, 4.69) is 27.4 Å². The van der Waals surface area contributed by atoms with Crippen LogP contribution in [0.4, 0.5) is 0 Å². The van der Waals surface area contributed by atoms with Crippen LogP contribution in [0, 0.1) is 0 Å². The molecule has 0 saturated heterocycles. The second-order valence-electron chi connectivity index (χ2n) is 4.14. The third-order valence-electron chi connectivity index (χ3n) is 1.92. The molecule has 0 aliphatic rings. The van der Waals surface area contributed by atoms with Crippen molar-refractivity contribution < 1.29 is 38.1 Å². The lowest BCUT2D eigenvalue weighted by Gasteiger charge is -2.15. The van der Waals surface area contributed by atoms with E-state index in [1.54, 1.807) is 6.92 Å². The molecule has 130 valence electrons. The fourth-order valence-corrected chi connectivity index (χ4v) is 0.969. The fraction of sp³-hybridized carbons (Fsp3) is 0.467. The van der Waals surface area contributed by atoms with Crippen molar-refractivity contribution in [3.8, 4) is 0 Å². The summed E-state index contributed by atoms with van der Waals surface area (Å²) in [7, 11) is 1.33. The summed E-state index contributed by atoms with van der Waals surface area (Å²) in [6.07, 6.45) is 0.182. The second-order valence-corrected chi connectivity index (χ2v) is 4.14. The van der Waals surface area contributed by atoms with E-state index in [9.17, 15) is 19.2 Å². The number of esters is 4. The van der Waals surface area contributed by atoms with E-state index in [4.69, 9.17) is 4.74 Å². The average Bonchev–Trinajstić information content (AvgIpc) is 2.48. The van der Waals surface area contributed by atoms with Gasteiger partial charge >= 0.3 is 23.9 Å². The van der Waals surface area contributed by atoms with Crippen LogP contribution in [-0.4, -0.2) is 50.3 Å². The lowest BCUT2D eigenvalue weighted by molar-refractivity contribution is -0.163. The van der Waals surface area contributed by atoms with Crippen LogP contribution in [0.3, 0.4) is 0 Å². The molecule has 0 N–H and O–H groups in total. The van der Waals surface area contributed by atoms with Gasteiger partial charge in [0.2, 0.25) is 0 Å². The maximum Gasteiger partial charge on any atom is 0.332 e. The monoisotopic (exact) mass is 330 g/mol. The van der Waals surface area contributed by atoms with Crippen molar-refractivity contribution in [2.75, 3.05) is 20.3 Å². The van der Waals surface area contributed by atoms with Gasteiger partial charge in [0.05, 0.1) is 7.11 Å². The van der Waals surface area contributed by atoms with Crippen molar-refractivity contribution in [2.24, 2.45) is 0 Å². The highest BCUT2D eigenvalue weighted by atomic mass is 16.6. The topological polar surface area (TPSA) is 105 Å². The summed E-state index contributed by atoms with van der Waals surface area (Å²) in [4.78, 5) is 42.2. The fourth-order valence-electron chi connectivity index (χ4n) is 0.969. The third-order valence-corrected chi connectivity index (χ3v) is 1.92. The normalized spacial score (nSPS) is 10.1. The van der Waals surface area contributed by atoms with Crippen molar-refractivity contribution in [3.63, 3.8) is 0 Å². The highest BCUT2D eigenvalue weighted by Crippen LogP contribution is 1.97. The van der Waals surface area contributed by atoms with Crippen LogP contribution in [-0.2, 0) is 38.1 Å². The Kier molecular flexibility index (Phi) is 12.8. The Labute approximate surface area is 135 Å². The van der Waals surface area contributed by atoms with E-state index in [-0.39, 0.29) is 19.2 Å². The first-order chi connectivity index (χ1) is 10.6. The number of hydrogen-bond donors (Lipinski definition) is 0. The number of rotatable bonds is 7. The zero-order valence-corrected chi connectivity index (χ0v) is 13.7. The Morgan fingerprint density at radius 2 is 1.52 bits per heavy atom. The summed E-state index contributed by atoms with van der Waals surface area (Å²) in [5.41, 5.74) is 0.433. The van der Waals surface area contributed by atoms with Gasteiger partial charge in [-0.3, -0.25) is 9.59 Å². The molecule has 0 aromatic heterocycles. The van der Waals surface area contributed by atoms with Crippen molar-refractivity contribution in [1.82, 2.24) is 0 Å². The number of ether oxygens (including phenoxy) is 4. The molecule has 0 rings (SSSR count). The molecular weight excluding hydrogens is 308 g/mol. The van der Waals surface area contributed by atoms with Crippen LogP contribution in [0.25, 0.3) is 0 Å². The van der Waals surface area contributed by atoms with Crippen LogP contribution in [0.2, 0.25) is 0 Å². The Morgan fingerprint density at radius 3 is 1.83 bits per heavy atom. The molecule has 0 bridgehead atoms. The van der Waals surface area contributed by atoms with E-state index in [1.807, 2.05) is 0 Å². The predicted octanol–water partition coefficient (Wildman–Crippen LogP) is 0.946. The van der Waals surface area contributed by atoms with Gasteiger partial charge in [-0.25, -0.2) is 9.59 Å². The predicted molar refractivity (Wildman–Crippen MR) is 80.2 cm³/mol. The quantitative estimate of drug-likeness (QED) is 0.386. The van der Waals surface area contributed by atoms with Crippen molar-refractivity contribution >= 4 is 23.9 Å². The first-order valence-electron chi connectivity index (χ1n) is 6.47. The molecule has 0 heterocycles. The van der Waals surface area contributed by atoms with Crippen LogP contribution in [0.15, 0.2) is 24.8 Å². The molecule has 0 aliphatic carbocycles. The van der Waals surface area contributed by atoms with Gasteiger partial charge in [0.25, 0.3) is 0 Å². The molecule has 8 heteroatoms. The van der Waals surface area contributed by atoms with Gasteiger partial charge in [0, 0.05) is 25.5 Å². The molecule has 0 spiro atoms. The Bertz CT molecular complexity index is 452. The van der Waals surface area contributed by atoms with Crippen molar-refractivity contribution in [1.29, 1.82) is 0 Å². The third kappa shape index (κ3) is 15.6. The molecular formula is C15H22O8. The zero-order valence-electron chi connectivity index (χ0n) is 13.7. The van der Waals surface area contributed by atoms with Gasteiger partial charge in [0.15, 0.2) is 6.10 Å². The summed E-state index contributed by atoms with van der Waals surface area (Å²) >= 11 is 0. The average molecular weight is 330 g/mol. The van der Waals surface area contributed by atoms with Gasteiger partial charge in [-0.1, -0.05) is 13.2 Å². The first kappa shape index (κ1) is 22.6. The maximum absolute atomic E-state index is 10.8. The minimum atomic E-state index is -0.801. The van der Waals surface area contributed by atoms with Gasteiger partial charge < -0.3 is 18.9 Å². The standard InChI is InChI=1S/C10H14O6.C5H8O2/c1-4-10(13)15-6-9(16-8(3)12)5-14-7(2)11;1-4(2)5(6)7-3/h4,9H,1,5-6H2,2-3H3;1H2,2-3H3. The molecule has 1 atom stereocenters. The minimum absolute atomic E-state index is 0.153. The number of carbonyl (C=O) groups excluding carboxylic acids is 4. The van der Waals surface area contributed by atoms with E-state index < -0.39 is 24.0 Å². The maximum atomic E-state index is 10.8. The first-order valence-corrected chi connectivity index (χ1v) is 6.47. The molecule has 0 radical (unpaired) electrons. The van der Waals surface area contributed by atoms with E-state index in [0.717, 1.165) is 6.08 Å². The smallest absolute Gasteiger partial charge is 0.332 e. The van der Waals surface area contributed by atoms with Gasteiger partial charge in [0.1, 0.15) is 13.2 Å². The van der Waals surface area contributed by atoms with Crippen LogP contribution in [0.1, 0.15) is 20.8 Å². The van der Waals surface area contributed by atoms with E-state index >= 15 is 0 Å². The van der Waals surface area contributed by atoms with Crippen LogP contribution in [0.5, 0.6) is 0 Å². The molecule has 0 aliphatic heterocycles. The minimum Gasteiger partial charge on any atom is -0.466 e. The largest absolute Gasteiger partial charge is 0.466 e. The molecule has 0 amide bonds. The highest BCUT2D eigenvalue weighted by Gasteiger charge is 2.15. The Morgan fingerprint density at radius 1 is 1.00 bits per heavy atom. The van der Waals surface area contributed by atoms with Crippen LogP contribution < -0.4 is 0 Å². The highest BCUT2D eigenvalue weighted by molar-refractivity contribution is 5.86. The van der Waals surface area contributed by atoms with Crippen LogP contribution >= 0.6 is 0 Å².